The Kier molecular flexibility index (Phi) is 22.9. The maximum atomic E-state index is 12.1. The van der Waals surface area contributed by atoms with Crippen LogP contribution in [0.5, 0.6) is 0 Å². The molecule has 0 unspecified atom stereocenters. The second kappa shape index (κ2) is 26.0. The van der Waals surface area contributed by atoms with Crippen LogP contribution in [0, 0.1) is 93.3 Å². The minimum atomic E-state index is -0.171. The molecule has 0 bridgehead atoms. The molecule has 1 nitrogen and oxygen atoms in total. The normalized spacial score (nSPS) is 9.79. The number of halogens is 2. The molecule has 0 saturated carbocycles. The van der Waals surface area contributed by atoms with E-state index in [4.69, 9.17) is 16.9 Å². The molecule has 0 fully saturated rings. The van der Waals surface area contributed by atoms with Crippen molar-refractivity contribution >= 4 is 11.6 Å². The average molecular weight is 785 g/mol. The third kappa shape index (κ3) is 21.8. The molecule has 0 atom stereocenters. The van der Waals surface area contributed by atoms with Crippen LogP contribution in [0.3, 0.4) is 0 Å². The van der Waals surface area contributed by atoms with Crippen LogP contribution in [-0.2, 0) is 0 Å². The van der Waals surface area contributed by atoms with Crippen LogP contribution in [0.2, 0.25) is 5.02 Å². The van der Waals surface area contributed by atoms with Crippen LogP contribution in [-0.4, -0.2) is 0 Å². The fourth-order valence-electron chi connectivity index (χ4n) is 5.71. The van der Waals surface area contributed by atoms with E-state index < -0.39 is 0 Å². The number of nitriles is 1. The number of benzene rings is 6. The molecule has 0 radical (unpaired) electrons. The van der Waals surface area contributed by atoms with Crippen molar-refractivity contribution in [2.75, 3.05) is 0 Å². The number of aryl methyl sites for hydroxylation is 11. The molecule has 0 aromatic heterocycles. The van der Waals surface area contributed by atoms with Gasteiger partial charge in [-0.2, -0.15) is 5.26 Å². The molecule has 0 heterocycles. The lowest BCUT2D eigenvalue weighted by atomic mass is 9.99. The molecular formula is C54H67ClFN. The highest BCUT2D eigenvalue weighted by Crippen LogP contribution is 2.19. The highest BCUT2D eigenvalue weighted by molar-refractivity contribution is 6.31. The molecule has 0 amide bonds. The first-order valence-electron chi connectivity index (χ1n) is 19.8. The molecule has 6 rings (SSSR count). The van der Waals surface area contributed by atoms with E-state index in [9.17, 15) is 4.39 Å². The van der Waals surface area contributed by atoms with Crippen LogP contribution in [0.1, 0.15) is 117 Å². The Morgan fingerprint density at radius 2 is 0.877 bits per heavy atom. The van der Waals surface area contributed by atoms with Crippen molar-refractivity contribution in [1.29, 1.82) is 5.26 Å². The fourth-order valence-corrected chi connectivity index (χ4v) is 5.83. The van der Waals surface area contributed by atoms with E-state index >= 15 is 0 Å². The van der Waals surface area contributed by atoms with Gasteiger partial charge in [0, 0.05) is 5.02 Å². The lowest BCUT2D eigenvalue weighted by molar-refractivity contribution is 0.627. The minimum Gasteiger partial charge on any atom is -0.207 e. The van der Waals surface area contributed by atoms with E-state index in [2.05, 4.69) is 150 Å². The van der Waals surface area contributed by atoms with Crippen LogP contribution in [0.15, 0.2) is 121 Å². The smallest absolute Gasteiger partial charge is 0.123 e. The molecule has 3 heteroatoms. The summed E-state index contributed by atoms with van der Waals surface area (Å²) in [4.78, 5) is 0. The number of rotatable bonds is 2. The van der Waals surface area contributed by atoms with Gasteiger partial charge in [0.1, 0.15) is 5.82 Å². The number of nitrogens with zero attached hydrogens (tertiary/aromatic N) is 1. The quantitative estimate of drug-likeness (QED) is 0.172. The van der Waals surface area contributed by atoms with E-state index in [1.165, 1.54) is 67.8 Å². The van der Waals surface area contributed by atoms with Crippen molar-refractivity contribution in [2.24, 2.45) is 0 Å². The van der Waals surface area contributed by atoms with E-state index in [0.29, 0.717) is 11.8 Å². The SMILES string of the molecule is Cc1cc(C)cc(C(C)C)c1.Cc1cc(C)cc(C)c1.Cc1ccc(C(C)C)cc1C.Cc1ccc(Cl)c(C)c1.Cc1ccc(F)cc1.Cc1cccc(C#N)c1. The van der Waals surface area contributed by atoms with Gasteiger partial charge in [-0.15, -0.1) is 0 Å². The Morgan fingerprint density at radius 1 is 0.421 bits per heavy atom. The Bertz CT molecular complexity index is 2040. The monoisotopic (exact) mass is 783 g/mol. The van der Waals surface area contributed by atoms with Gasteiger partial charge in [-0.05, 0) is 152 Å². The molecular weight excluding hydrogens is 717 g/mol. The molecule has 0 aliphatic carbocycles. The Morgan fingerprint density at radius 3 is 1.25 bits per heavy atom. The second-order valence-corrected chi connectivity index (χ2v) is 16.2. The first-order valence-corrected chi connectivity index (χ1v) is 20.2. The first-order chi connectivity index (χ1) is 26.7. The van der Waals surface area contributed by atoms with Gasteiger partial charge in [0.25, 0.3) is 0 Å². The zero-order chi connectivity index (χ0) is 43.2. The summed E-state index contributed by atoms with van der Waals surface area (Å²) >= 11 is 5.78. The predicted molar refractivity (Wildman–Crippen MR) is 249 cm³/mol. The van der Waals surface area contributed by atoms with Gasteiger partial charge in [-0.3, -0.25) is 0 Å². The summed E-state index contributed by atoms with van der Waals surface area (Å²) in [5, 5.41) is 9.26. The number of hydrogen-bond donors (Lipinski definition) is 0. The van der Waals surface area contributed by atoms with Crippen molar-refractivity contribution in [3.05, 3.63) is 210 Å². The predicted octanol–water partition coefficient (Wildman–Crippen LogP) is 16.4. The van der Waals surface area contributed by atoms with Gasteiger partial charge >= 0.3 is 0 Å². The molecule has 302 valence electrons. The third-order valence-electron chi connectivity index (χ3n) is 8.95. The maximum absolute atomic E-state index is 12.1. The largest absolute Gasteiger partial charge is 0.207 e. The van der Waals surface area contributed by atoms with Crippen LogP contribution >= 0.6 is 11.6 Å². The molecule has 6 aromatic carbocycles. The van der Waals surface area contributed by atoms with Crippen molar-refractivity contribution in [3.8, 4) is 6.07 Å². The first kappa shape index (κ1) is 50.0. The summed E-state index contributed by atoms with van der Waals surface area (Å²) in [6, 6.07) is 42.0. The van der Waals surface area contributed by atoms with E-state index in [1.54, 1.807) is 18.2 Å². The highest BCUT2D eigenvalue weighted by Gasteiger charge is 2.00. The van der Waals surface area contributed by atoms with Crippen LogP contribution < -0.4 is 0 Å². The Balaban J connectivity index is 0.000000343. The zero-order valence-electron chi connectivity index (χ0n) is 37.4. The second-order valence-electron chi connectivity index (χ2n) is 15.8. The molecule has 57 heavy (non-hydrogen) atoms. The van der Waals surface area contributed by atoms with Gasteiger partial charge in [0.15, 0.2) is 0 Å². The van der Waals surface area contributed by atoms with Crippen molar-refractivity contribution in [3.63, 3.8) is 0 Å². The molecule has 0 spiro atoms. The standard InChI is InChI=1S/2C11H16.C9H12.C8H9Cl.C8H7N.C7H7F/c1-8(2)11-6-9(3)5-10(4)7-11;1-8(2)11-6-5-9(3)10(4)7-11;1-7-4-8(2)6-9(3)5-7;1-6-3-4-8(9)7(2)5-6;1-7-3-2-4-8(5-7)6-9;1-6-2-4-7(8)5-3-6/h2*5-8H,1-4H3;4-6H,1-3H3;3-5H,1-2H3;2-5H,1H3;2-5H,1H3. The fraction of sp³-hybridized carbons (Fsp3) is 0.315. The van der Waals surface area contributed by atoms with E-state index in [1.807, 2.05) is 51.1 Å². The molecule has 0 aliphatic rings. The Hall–Kier alpha value is -4.97. The zero-order valence-corrected chi connectivity index (χ0v) is 38.2. The maximum Gasteiger partial charge on any atom is 0.123 e. The van der Waals surface area contributed by atoms with Gasteiger partial charge in [-0.1, -0.05) is 169 Å². The third-order valence-corrected chi connectivity index (χ3v) is 9.37. The molecule has 6 aromatic rings. The van der Waals surface area contributed by atoms with Crippen molar-refractivity contribution in [2.45, 2.75) is 116 Å². The summed E-state index contributed by atoms with van der Waals surface area (Å²) < 4.78 is 12.1. The van der Waals surface area contributed by atoms with Crippen molar-refractivity contribution < 1.29 is 4.39 Å². The van der Waals surface area contributed by atoms with Crippen LogP contribution in [0.25, 0.3) is 0 Å². The van der Waals surface area contributed by atoms with Crippen molar-refractivity contribution in [1.82, 2.24) is 0 Å². The lowest BCUT2D eigenvalue weighted by Gasteiger charge is -2.07. The number of hydrogen-bond acceptors (Lipinski definition) is 1. The summed E-state index contributed by atoms with van der Waals surface area (Å²) in [5.74, 6) is 1.12. The Labute approximate surface area is 351 Å². The lowest BCUT2D eigenvalue weighted by Crippen LogP contribution is -1.89. The van der Waals surface area contributed by atoms with Gasteiger partial charge in [0.05, 0.1) is 11.6 Å². The minimum absolute atomic E-state index is 0.171. The highest BCUT2D eigenvalue weighted by atomic mass is 35.5. The summed E-state index contributed by atoms with van der Waals surface area (Å²) in [5.41, 5.74) is 17.8. The molecule has 0 N–H and O–H groups in total. The summed E-state index contributed by atoms with van der Waals surface area (Å²) in [7, 11) is 0. The van der Waals surface area contributed by atoms with Gasteiger partial charge < -0.3 is 0 Å². The summed E-state index contributed by atoms with van der Waals surface area (Å²) in [6.07, 6.45) is 0. The molecule has 0 aliphatic heterocycles. The topological polar surface area (TPSA) is 23.8 Å². The van der Waals surface area contributed by atoms with E-state index in [0.717, 1.165) is 27.3 Å². The average Bonchev–Trinajstić information content (AvgIpc) is 3.13. The van der Waals surface area contributed by atoms with E-state index in [-0.39, 0.29) is 5.82 Å². The van der Waals surface area contributed by atoms with Gasteiger partial charge in [-0.25, -0.2) is 4.39 Å². The molecule has 0 saturated heterocycles. The summed E-state index contributed by atoms with van der Waals surface area (Å²) in [6.45, 7) is 31.9. The van der Waals surface area contributed by atoms with Crippen LogP contribution in [0.4, 0.5) is 4.39 Å². The van der Waals surface area contributed by atoms with Gasteiger partial charge in [0.2, 0.25) is 0 Å².